The maximum absolute atomic E-state index is 13.0. The van der Waals surface area contributed by atoms with E-state index in [-0.39, 0.29) is 19.2 Å². The summed E-state index contributed by atoms with van der Waals surface area (Å²) in [4.78, 5) is 0.337. The molecule has 2 saturated heterocycles. The molecule has 2 fully saturated rings. The molecule has 0 bridgehead atoms. The molecule has 0 aliphatic carbocycles. The first-order valence-corrected chi connectivity index (χ1v) is 10.1. The number of hydrogen-bond acceptors (Lipinski definition) is 5. The van der Waals surface area contributed by atoms with Crippen LogP contribution in [0.25, 0.3) is 0 Å². The molecular weight excluding hydrogens is 364 g/mol. The molecule has 1 aromatic rings. The molecular formula is C17H25ClN2O4S. The Morgan fingerprint density at radius 1 is 1.12 bits per heavy atom. The molecule has 3 aliphatic rings. The normalized spacial score (nSPS) is 24.3. The Kier molecular flexibility index (Phi) is 5.48. The average Bonchev–Trinajstić information content (AvgIpc) is 3.25. The number of piperidine rings is 1. The van der Waals surface area contributed by atoms with E-state index >= 15 is 0 Å². The summed E-state index contributed by atoms with van der Waals surface area (Å²) < 4.78 is 38.4. The molecule has 0 amide bonds. The highest BCUT2D eigenvalue weighted by Gasteiger charge is 2.34. The Balaban J connectivity index is 0.00000182. The molecule has 0 saturated carbocycles. The summed E-state index contributed by atoms with van der Waals surface area (Å²) >= 11 is 0. The van der Waals surface area contributed by atoms with Crippen molar-refractivity contribution in [3.05, 3.63) is 17.7 Å². The Bertz CT molecular complexity index is 726. The summed E-state index contributed by atoms with van der Waals surface area (Å²) in [5.74, 6) is 1.73. The molecule has 0 spiro atoms. The van der Waals surface area contributed by atoms with Crippen LogP contribution >= 0.6 is 12.4 Å². The maximum atomic E-state index is 13.0. The van der Waals surface area contributed by atoms with Crippen LogP contribution in [-0.4, -0.2) is 45.2 Å². The van der Waals surface area contributed by atoms with Gasteiger partial charge in [0.15, 0.2) is 11.5 Å². The monoisotopic (exact) mass is 388 g/mol. The van der Waals surface area contributed by atoms with E-state index in [1.54, 1.807) is 16.4 Å². The summed E-state index contributed by atoms with van der Waals surface area (Å²) in [7, 11) is -3.48. The molecule has 6 nitrogen and oxygen atoms in total. The van der Waals surface area contributed by atoms with Gasteiger partial charge in [0, 0.05) is 25.2 Å². The topological polar surface area (TPSA) is 67.9 Å². The van der Waals surface area contributed by atoms with Gasteiger partial charge in [-0.05, 0) is 56.7 Å². The number of benzene rings is 1. The van der Waals surface area contributed by atoms with Crippen molar-refractivity contribution in [1.29, 1.82) is 0 Å². The standard InChI is InChI=1S/C17H24N2O4S.ClH/c1-12-9-15-16(23-11-22-15)10-17(12)24(20,21)19-7-4-13(5-8-19)14-3-2-6-18-14;/h9-10,13-14,18H,2-8,11H2,1H3;1H. The van der Waals surface area contributed by atoms with E-state index in [1.807, 2.05) is 6.92 Å². The number of fused-ring (bicyclic) bond motifs is 1. The van der Waals surface area contributed by atoms with Crippen molar-refractivity contribution in [2.24, 2.45) is 5.92 Å². The Morgan fingerprint density at radius 3 is 2.44 bits per heavy atom. The van der Waals surface area contributed by atoms with Gasteiger partial charge in [-0.3, -0.25) is 0 Å². The summed E-state index contributed by atoms with van der Waals surface area (Å²) in [6.45, 7) is 4.25. The molecule has 25 heavy (non-hydrogen) atoms. The third-order valence-corrected chi connectivity index (χ3v) is 7.49. The summed E-state index contributed by atoms with van der Waals surface area (Å²) in [6, 6.07) is 3.93. The first kappa shape index (κ1) is 18.8. The van der Waals surface area contributed by atoms with Gasteiger partial charge in [-0.1, -0.05) is 0 Å². The predicted molar refractivity (Wildman–Crippen MR) is 97.1 cm³/mol. The van der Waals surface area contributed by atoms with Crippen LogP contribution in [0, 0.1) is 12.8 Å². The number of aryl methyl sites for hydroxylation is 1. The number of hydrogen-bond donors (Lipinski definition) is 1. The quantitative estimate of drug-likeness (QED) is 0.860. The van der Waals surface area contributed by atoms with Gasteiger partial charge < -0.3 is 14.8 Å². The first-order valence-electron chi connectivity index (χ1n) is 8.69. The number of sulfonamides is 1. The summed E-state index contributed by atoms with van der Waals surface area (Å²) in [5, 5.41) is 3.55. The summed E-state index contributed by atoms with van der Waals surface area (Å²) in [5.41, 5.74) is 0.707. The van der Waals surface area contributed by atoms with Crippen molar-refractivity contribution >= 4 is 22.4 Å². The fourth-order valence-electron chi connectivity index (χ4n) is 4.07. The van der Waals surface area contributed by atoms with Crippen LogP contribution in [0.3, 0.4) is 0 Å². The SMILES string of the molecule is Cc1cc2c(cc1S(=O)(=O)N1CCC(C3CCCN3)CC1)OCO2.Cl. The van der Waals surface area contributed by atoms with E-state index in [2.05, 4.69) is 5.32 Å². The fourth-order valence-corrected chi connectivity index (χ4v) is 5.77. The minimum Gasteiger partial charge on any atom is -0.454 e. The predicted octanol–water partition coefficient (Wildman–Crippen LogP) is 2.30. The summed E-state index contributed by atoms with van der Waals surface area (Å²) in [6.07, 6.45) is 4.32. The van der Waals surface area contributed by atoms with Crippen molar-refractivity contribution in [3.63, 3.8) is 0 Å². The van der Waals surface area contributed by atoms with Crippen LogP contribution in [-0.2, 0) is 10.0 Å². The van der Waals surface area contributed by atoms with Crippen molar-refractivity contribution in [2.75, 3.05) is 26.4 Å². The molecule has 4 rings (SSSR count). The lowest BCUT2D eigenvalue weighted by Crippen LogP contribution is -2.43. The Labute approximate surface area is 155 Å². The zero-order valence-corrected chi connectivity index (χ0v) is 16.0. The number of nitrogens with zero attached hydrogens (tertiary/aromatic N) is 1. The lowest BCUT2D eigenvalue weighted by atomic mass is 9.89. The van der Waals surface area contributed by atoms with E-state index in [9.17, 15) is 8.42 Å². The molecule has 0 aromatic heterocycles. The van der Waals surface area contributed by atoms with E-state index < -0.39 is 10.0 Å². The zero-order chi connectivity index (χ0) is 16.7. The highest BCUT2D eigenvalue weighted by atomic mass is 35.5. The van der Waals surface area contributed by atoms with E-state index in [4.69, 9.17) is 9.47 Å². The van der Waals surface area contributed by atoms with Gasteiger partial charge in [-0.15, -0.1) is 12.4 Å². The van der Waals surface area contributed by atoms with Crippen LogP contribution in [0.15, 0.2) is 17.0 Å². The van der Waals surface area contributed by atoms with Crippen LogP contribution in [0.2, 0.25) is 0 Å². The second-order valence-corrected chi connectivity index (χ2v) is 8.82. The smallest absolute Gasteiger partial charge is 0.243 e. The van der Waals surface area contributed by atoms with Gasteiger partial charge in [0.2, 0.25) is 16.8 Å². The minimum atomic E-state index is -3.48. The van der Waals surface area contributed by atoms with Crippen molar-refractivity contribution in [1.82, 2.24) is 9.62 Å². The number of nitrogens with one attached hydrogen (secondary N) is 1. The van der Waals surface area contributed by atoms with Crippen molar-refractivity contribution < 1.29 is 17.9 Å². The Hall–Kier alpha value is -1.02. The zero-order valence-electron chi connectivity index (χ0n) is 14.4. The Morgan fingerprint density at radius 2 is 1.80 bits per heavy atom. The molecule has 1 N–H and O–H groups in total. The molecule has 1 unspecified atom stereocenters. The highest BCUT2D eigenvalue weighted by Crippen LogP contribution is 2.38. The second-order valence-electron chi connectivity index (χ2n) is 6.92. The second kappa shape index (κ2) is 7.31. The van der Waals surface area contributed by atoms with Crippen molar-refractivity contribution in [2.45, 2.75) is 43.5 Å². The third-order valence-electron chi connectivity index (χ3n) is 5.45. The highest BCUT2D eigenvalue weighted by molar-refractivity contribution is 7.89. The van der Waals surface area contributed by atoms with Crippen LogP contribution in [0.4, 0.5) is 0 Å². The van der Waals surface area contributed by atoms with Gasteiger partial charge in [0.25, 0.3) is 0 Å². The molecule has 1 atom stereocenters. The van der Waals surface area contributed by atoms with Gasteiger partial charge in [0.05, 0.1) is 4.90 Å². The average molecular weight is 389 g/mol. The first-order chi connectivity index (χ1) is 11.6. The lowest BCUT2D eigenvalue weighted by Gasteiger charge is -2.34. The molecule has 1 aromatic carbocycles. The molecule has 0 radical (unpaired) electrons. The van der Waals surface area contributed by atoms with Crippen LogP contribution in [0.5, 0.6) is 11.5 Å². The van der Waals surface area contributed by atoms with Crippen LogP contribution in [0.1, 0.15) is 31.2 Å². The number of ether oxygens (including phenoxy) is 2. The van der Waals surface area contributed by atoms with Gasteiger partial charge in [0.1, 0.15) is 0 Å². The van der Waals surface area contributed by atoms with Crippen LogP contribution < -0.4 is 14.8 Å². The molecule has 3 aliphatic heterocycles. The third kappa shape index (κ3) is 3.47. The number of halogens is 1. The fraction of sp³-hybridized carbons (Fsp3) is 0.647. The van der Waals surface area contributed by atoms with Gasteiger partial charge in [-0.25, -0.2) is 8.42 Å². The van der Waals surface area contributed by atoms with E-state index in [1.165, 1.54) is 12.8 Å². The molecule has 140 valence electrons. The largest absolute Gasteiger partial charge is 0.454 e. The van der Waals surface area contributed by atoms with Gasteiger partial charge >= 0.3 is 0 Å². The van der Waals surface area contributed by atoms with E-state index in [0.717, 1.165) is 19.4 Å². The van der Waals surface area contributed by atoms with E-state index in [0.29, 0.717) is 47.0 Å². The number of rotatable bonds is 3. The maximum Gasteiger partial charge on any atom is 0.243 e. The lowest BCUT2D eigenvalue weighted by molar-refractivity contribution is 0.174. The molecule has 3 heterocycles. The minimum absolute atomic E-state index is 0. The van der Waals surface area contributed by atoms with Crippen molar-refractivity contribution in [3.8, 4) is 11.5 Å². The van der Waals surface area contributed by atoms with Gasteiger partial charge in [-0.2, -0.15) is 4.31 Å². The molecule has 8 heteroatoms.